The second kappa shape index (κ2) is 6.72. The van der Waals surface area contributed by atoms with Gasteiger partial charge in [-0.15, -0.1) is 0 Å². The Morgan fingerprint density at radius 2 is 2.04 bits per heavy atom. The molecule has 4 aliphatic carbocycles. The van der Waals surface area contributed by atoms with Crippen LogP contribution in [0.3, 0.4) is 0 Å². The van der Waals surface area contributed by atoms with Crippen molar-refractivity contribution in [1.29, 1.82) is 0 Å². The van der Waals surface area contributed by atoms with Gasteiger partial charge in [0.25, 0.3) is 0 Å². The van der Waals surface area contributed by atoms with Crippen LogP contribution in [0.15, 0.2) is 11.6 Å². The molecule has 0 radical (unpaired) electrons. The van der Waals surface area contributed by atoms with Gasteiger partial charge in [-0.3, -0.25) is 4.79 Å². The third kappa shape index (κ3) is 2.72. The van der Waals surface area contributed by atoms with Crippen LogP contribution in [0.25, 0.3) is 0 Å². The maximum Gasteiger partial charge on any atom is 0.155 e. The summed E-state index contributed by atoms with van der Waals surface area (Å²) >= 11 is 0. The Labute approximate surface area is 157 Å². The van der Waals surface area contributed by atoms with Crippen molar-refractivity contribution in [3.63, 3.8) is 0 Å². The van der Waals surface area contributed by atoms with E-state index in [9.17, 15) is 4.79 Å². The van der Waals surface area contributed by atoms with Gasteiger partial charge in [0, 0.05) is 18.9 Å². The lowest BCUT2D eigenvalue weighted by Gasteiger charge is -2.59. The van der Waals surface area contributed by atoms with Crippen molar-refractivity contribution < 1.29 is 13.9 Å². The van der Waals surface area contributed by atoms with Crippen molar-refractivity contribution in [3.8, 4) is 0 Å². The number of hydrogen-bond acceptors (Lipinski definition) is 2. The highest BCUT2D eigenvalue weighted by Crippen LogP contribution is 2.66. The molecular weight excluding hydrogens is 327 g/mol. The third-order valence-corrected chi connectivity index (χ3v) is 8.58. The van der Waals surface area contributed by atoms with Gasteiger partial charge in [-0.25, -0.2) is 4.39 Å². The zero-order valence-corrected chi connectivity index (χ0v) is 16.7. The maximum atomic E-state index is 15.7. The molecule has 146 valence electrons. The topological polar surface area (TPSA) is 26.3 Å². The van der Waals surface area contributed by atoms with Gasteiger partial charge in [0.15, 0.2) is 5.78 Å². The van der Waals surface area contributed by atoms with E-state index in [0.29, 0.717) is 24.7 Å². The van der Waals surface area contributed by atoms with Crippen molar-refractivity contribution >= 4 is 5.78 Å². The van der Waals surface area contributed by atoms with E-state index in [-0.39, 0.29) is 28.6 Å². The number of ether oxygens (including phenoxy) is 1. The van der Waals surface area contributed by atoms with Crippen molar-refractivity contribution in [2.24, 2.45) is 28.6 Å². The lowest BCUT2D eigenvalue weighted by Crippen LogP contribution is -2.56. The summed E-state index contributed by atoms with van der Waals surface area (Å²) in [6, 6.07) is 0. The minimum atomic E-state index is -0.765. The van der Waals surface area contributed by atoms with Crippen LogP contribution in [0.2, 0.25) is 0 Å². The Balaban J connectivity index is 1.59. The van der Waals surface area contributed by atoms with Crippen molar-refractivity contribution in [1.82, 2.24) is 0 Å². The Morgan fingerprint density at radius 3 is 2.81 bits per heavy atom. The smallest absolute Gasteiger partial charge is 0.155 e. The second-order valence-electron chi connectivity index (χ2n) is 9.90. The minimum absolute atomic E-state index is 0.00358. The molecule has 7 atom stereocenters. The average Bonchev–Trinajstić information content (AvgIpc) is 2.91. The first kappa shape index (κ1) is 18.7. The molecule has 3 fully saturated rings. The average molecular weight is 363 g/mol. The number of carbonyl (C=O) groups is 1. The van der Waals surface area contributed by atoms with Crippen LogP contribution in [-0.2, 0) is 9.53 Å². The van der Waals surface area contributed by atoms with E-state index in [4.69, 9.17) is 4.74 Å². The fourth-order valence-corrected chi connectivity index (χ4v) is 7.21. The second-order valence-corrected chi connectivity index (χ2v) is 9.90. The van der Waals surface area contributed by atoms with Crippen LogP contribution >= 0.6 is 0 Å². The van der Waals surface area contributed by atoms with Gasteiger partial charge in [-0.05, 0) is 73.7 Å². The van der Waals surface area contributed by atoms with Crippen LogP contribution in [0.1, 0.15) is 78.6 Å². The van der Waals surface area contributed by atoms with E-state index in [0.717, 1.165) is 45.1 Å². The van der Waals surface area contributed by atoms with E-state index in [1.807, 2.05) is 6.08 Å². The summed E-state index contributed by atoms with van der Waals surface area (Å²) in [7, 11) is 0. The normalized spacial score (nSPS) is 47.8. The molecule has 0 amide bonds. The van der Waals surface area contributed by atoms with Crippen LogP contribution in [-0.4, -0.2) is 24.7 Å². The lowest BCUT2D eigenvalue weighted by atomic mass is 9.47. The van der Waals surface area contributed by atoms with E-state index in [1.54, 1.807) is 0 Å². The fraction of sp³-hybridized carbons (Fsp3) is 0.870. The molecule has 4 aliphatic rings. The summed E-state index contributed by atoms with van der Waals surface area (Å²) < 4.78 is 22.0. The molecule has 2 nitrogen and oxygen atoms in total. The third-order valence-electron chi connectivity index (χ3n) is 8.58. The monoisotopic (exact) mass is 362 g/mol. The van der Waals surface area contributed by atoms with E-state index < -0.39 is 6.17 Å². The number of carbonyl (C=O) groups excluding carboxylic acids is 1. The quantitative estimate of drug-likeness (QED) is 0.604. The first-order valence-electron chi connectivity index (χ1n) is 10.9. The van der Waals surface area contributed by atoms with Crippen molar-refractivity contribution in [2.45, 2.75) is 90.8 Å². The number of halogens is 1. The number of hydrogen-bond donors (Lipinski definition) is 0. The molecule has 0 heterocycles. The van der Waals surface area contributed by atoms with Crippen LogP contribution in [0.4, 0.5) is 4.39 Å². The zero-order chi connectivity index (χ0) is 18.5. The Kier molecular flexibility index (Phi) is 4.82. The van der Waals surface area contributed by atoms with Crippen molar-refractivity contribution in [3.05, 3.63) is 11.6 Å². The lowest BCUT2D eigenvalue weighted by molar-refractivity contribution is -0.133. The molecule has 3 saturated carbocycles. The van der Waals surface area contributed by atoms with Gasteiger partial charge in [-0.1, -0.05) is 32.8 Å². The minimum Gasteiger partial charge on any atom is -0.378 e. The Bertz CT molecular complexity index is 599. The first-order valence-corrected chi connectivity index (χ1v) is 10.9. The van der Waals surface area contributed by atoms with E-state index in [2.05, 4.69) is 20.8 Å². The highest BCUT2D eigenvalue weighted by atomic mass is 19.1. The Morgan fingerprint density at radius 1 is 1.23 bits per heavy atom. The van der Waals surface area contributed by atoms with Gasteiger partial charge < -0.3 is 4.74 Å². The highest BCUT2D eigenvalue weighted by Gasteiger charge is 2.62. The molecule has 0 aromatic carbocycles. The molecule has 0 saturated heterocycles. The SMILES string of the molecule is CCCCO[C@H]1CC[C@H]2[C@@H]3CCC4=CC(=O)CC[C@]4(C)[C@H]3[C@@H](F)C[C@]12C. The van der Waals surface area contributed by atoms with Gasteiger partial charge in [0.05, 0.1) is 6.10 Å². The maximum absolute atomic E-state index is 15.7. The number of fused-ring (bicyclic) bond motifs is 5. The summed E-state index contributed by atoms with van der Waals surface area (Å²) in [5.41, 5.74) is 1.14. The number of ketones is 1. The molecular formula is C23H35FO2. The zero-order valence-electron chi connectivity index (χ0n) is 16.7. The van der Waals surface area contributed by atoms with Gasteiger partial charge in [0.2, 0.25) is 0 Å². The van der Waals surface area contributed by atoms with Crippen LogP contribution < -0.4 is 0 Å². The molecule has 4 rings (SSSR count). The number of unbranched alkanes of at least 4 members (excludes halogenated alkanes) is 1. The predicted octanol–water partition coefficient (Wildman–Crippen LogP) is 5.65. The molecule has 0 aromatic heterocycles. The molecule has 0 spiro atoms. The molecule has 26 heavy (non-hydrogen) atoms. The van der Waals surface area contributed by atoms with Crippen LogP contribution in [0.5, 0.6) is 0 Å². The summed E-state index contributed by atoms with van der Waals surface area (Å²) in [5.74, 6) is 1.39. The molecule has 0 aromatic rings. The van der Waals surface area contributed by atoms with E-state index >= 15 is 4.39 Å². The summed E-state index contributed by atoms with van der Waals surface area (Å²) in [5, 5.41) is 0. The molecule has 3 heteroatoms. The number of alkyl halides is 1. The Hall–Kier alpha value is -0.700. The molecule has 0 bridgehead atoms. The van der Waals surface area contributed by atoms with Gasteiger partial charge in [-0.2, -0.15) is 0 Å². The number of rotatable bonds is 4. The standard InChI is InChI=1S/C23H35FO2/c1-4-5-12-26-20-9-8-18-17-7-6-15-13-16(25)10-11-22(15,2)21(17)19(24)14-23(18,20)3/h13,17-21H,4-12,14H2,1-3H3/t17-,18-,19-,20-,21+,22-,23-/m0/s1. The van der Waals surface area contributed by atoms with Crippen LogP contribution in [0, 0.1) is 28.6 Å². The van der Waals surface area contributed by atoms with E-state index in [1.165, 1.54) is 12.0 Å². The fourth-order valence-electron chi connectivity index (χ4n) is 7.21. The number of allylic oxidation sites excluding steroid dienone is 1. The summed E-state index contributed by atoms with van der Waals surface area (Å²) in [6.07, 6.45) is 10.0. The first-order chi connectivity index (χ1) is 12.4. The molecule has 0 aliphatic heterocycles. The largest absolute Gasteiger partial charge is 0.378 e. The molecule has 0 N–H and O–H groups in total. The molecule has 0 unspecified atom stereocenters. The summed E-state index contributed by atoms with van der Waals surface area (Å²) in [4.78, 5) is 11.9. The predicted molar refractivity (Wildman–Crippen MR) is 102 cm³/mol. The highest BCUT2D eigenvalue weighted by molar-refractivity contribution is 5.91. The van der Waals surface area contributed by atoms with Gasteiger partial charge >= 0.3 is 0 Å². The summed E-state index contributed by atoms with van der Waals surface area (Å²) in [6.45, 7) is 7.57. The van der Waals surface area contributed by atoms with Crippen molar-refractivity contribution in [2.75, 3.05) is 6.61 Å². The van der Waals surface area contributed by atoms with Gasteiger partial charge in [0.1, 0.15) is 6.17 Å².